The molecule has 1 N–H and O–H groups in total. The molecule has 1 atom stereocenters. The highest BCUT2D eigenvalue weighted by molar-refractivity contribution is 6.18. The van der Waals surface area contributed by atoms with E-state index in [4.69, 9.17) is 21.1 Å². The van der Waals surface area contributed by atoms with Gasteiger partial charge >= 0.3 is 11.9 Å². The van der Waals surface area contributed by atoms with E-state index < -0.39 is 22.8 Å². The van der Waals surface area contributed by atoms with Crippen LogP contribution in [0.5, 0.6) is 0 Å². The van der Waals surface area contributed by atoms with Crippen LogP contribution in [0.2, 0.25) is 0 Å². The molecular weight excluding hydrogens is 400 g/mol. The number of carbonyl (C=O) groups excluding carboxylic acids is 2. The molecule has 1 aliphatic heterocycles. The fourth-order valence-corrected chi connectivity index (χ4v) is 3.25. The number of alkyl halides is 1. The molecule has 0 radical (unpaired) electrons. The third-order valence-corrected chi connectivity index (χ3v) is 4.42. The molecule has 0 saturated carbocycles. The Bertz CT molecular complexity index is 891. The molecule has 0 aliphatic carbocycles. The van der Waals surface area contributed by atoms with Gasteiger partial charge in [0.2, 0.25) is 0 Å². The first-order valence-electron chi connectivity index (χ1n) is 9.04. The molecule has 0 bridgehead atoms. The Hall–Kier alpha value is -2.87. The molecule has 1 aromatic rings. The second-order valence-electron chi connectivity index (χ2n) is 6.77. The van der Waals surface area contributed by atoms with Gasteiger partial charge in [-0.25, -0.2) is 9.59 Å². The molecule has 1 aromatic carbocycles. The van der Waals surface area contributed by atoms with Crippen molar-refractivity contribution in [3.8, 4) is 0 Å². The average Bonchev–Trinajstić information content (AvgIpc) is 2.64. The fourth-order valence-electron chi connectivity index (χ4n) is 3.17. The number of nitro benzene ring substituents is 1. The van der Waals surface area contributed by atoms with Gasteiger partial charge in [-0.3, -0.25) is 10.1 Å². The van der Waals surface area contributed by atoms with Gasteiger partial charge in [0.15, 0.2) is 0 Å². The lowest BCUT2D eigenvalue weighted by atomic mass is 9.80. The molecule has 2 rings (SSSR count). The van der Waals surface area contributed by atoms with Crippen LogP contribution in [0.25, 0.3) is 0 Å². The van der Waals surface area contributed by atoms with E-state index in [0.717, 1.165) is 0 Å². The molecule has 9 heteroatoms. The Balaban J connectivity index is 2.65. The van der Waals surface area contributed by atoms with Gasteiger partial charge in [-0.15, -0.1) is 11.6 Å². The number of allylic oxidation sites excluding steroid dienone is 2. The Labute approximate surface area is 173 Å². The minimum absolute atomic E-state index is 0.00665. The summed E-state index contributed by atoms with van der Waals surface area (Å²) < 4.78 is 10.6. The zero-order valence-electron chi connectivity index (χ0n) is 16.7. The first kappa shape index (κ1) is 22.4. The van der Waals surface area contributed by atoms with Crippen molar-refractivity contribution >= 4 is 29.2 Å². The first-order valence-corrected chi connectivity index (χ1v) is 9.57. The molecule has 1 aliphatic rings. The van der Waals surface area contributed by atoms with Crippen LogP contribution in [-0.2, 0) is 19.1 Å². The molecule has 0 aromatic heterocycles. The number of non-ortho nitro benzene ring substituents is 1. The van der Waals surface area contributed by atoms with Crippen molar-refractivity contribution in [1.82, 2.24) is 5.32 Å². The molecule has 0 fully saturated rings. The van der Waals surface area contributed by atoms with Crippen LogP contribution in [0.1, 0.15) is 39.2 Å². The van der Waals surface area contributed by atoms with E-state index >= 15 is 0 Å². The van der Waals surface area contributed by atoms with Crippen LogP contribution in [0.4, 0.5) is 5.69 Å². The number of nitrogens with zero attached hydrogens (tertiary/aromatic N) is 1. The van der Waals surface area contributed by atoms with E-state index in [1.807, 2.05) is 0 Å². The third-order valence-electron chi connectivity index (χ3n) is 4.27. The molecule has 156 valence electrons. The second-order valence-corrected chi connectivity index (χ2v) is 7.14. The summed E-state index contributed by atoms with van der Waals surface area (Å²) in [4.78, 5) is 36.4. The van der Waals surface area contributed by atoms with E-state index in [-0.39, 0.29) is 35.4 Å². The number of halogens is 1. The van der Waals surface area contributed by atoms with Gasteiger partial charge in [-0.2, -0.15) is 0 Å². The fraction of sp³-hybridized carbons (Fsp3) is 0.400. The number of esters is 2. The number of hydrogen-bond acceptors (Lipinski definition) is 7. The smallest absolute Gasteiger partial charge is 0.337 e. The van der Waals surface area contributed by atoms with E-state index in [1.54, 1.807) is 33.8 Å². The van der Waals surface area contributed by atoms with Crippen LogP contribution < -0.4 is 5.32 Å². The lowest BCUT2D eigenvalue weighted by Gasteiger charge is -2.30. The predicted octanol–water partition coefficient (Wildman–Crippen LogP) is 3.56. The molecular formula is C20H23ClN2O6. The third kappa shape index (κ3) is 5.14. The number of rotatable bonds is 7. The summed E-state index contributed by atoms with van der Waals surface area (Å²) in [6.07, 6.45) is -0.382. The summed E-state index contributed by atoms with van der Waals surface area (Å²) in [5, 5.41) is 14.3. The van der Waals surface area contributed by atoms with Crippen LogP contribution >= 0.6 is 11.6 Å². The molecule has 8 nitrogen and oxygen atoms in total. The molecule has 1 unspecified atom stereocenters. The highest BCUT2D eigenvalue weighted by Crippen LogP contribution is 2.40. The number of carbonyl (C=O) groups is 2. The van der Waals surface area contributed by atoms with Gasteiger partial charge in [0.25, 0.3) is 5.69 Å². The SMILES string of the molecule is CC1=C(C(=O)OCCCl)C(c2cccc([N+](=O)[O-])c2)C(C(=O)OC(C)C)=C(C)N1. The zero-order valence-corrected chi connectivity index (χ0v) is 17.4. The Morgan fingerprint density at radius 1 is 1.21 bits per heavy atom. The Morgan fingerprint density at radius 3 is 2.38 bits per heavy atom. The topological polar surface area (TPSA) is 108 Å². The minimum atomic E-state index is -0.884. The van der Waals surface area contributed by atoms with Gasteiger partial charge in [0, 0.05) is 23.5 Å². The number of nitro groups is 1. The van der Waals surface area contributed by atoms with Crippen molar-refractivity contribution in [3.63, 3.8) is 0 Å². The number of nitrogens with one attached hydrogen (secondary N) is 1. The predicted molar refractivity (Wildman–Crippen MR) is 107 cm³/mol. The monoisotopic (exact) mass is 422 g/mol. The first-order chi connectivity index (χ1) is 13.7. The van der Waals surface area contributed by atoms with Gasteiger partial charge < -0.3 is 14.8 Å². The maximum atomic E-state index is 12.9. The van der Waals surface area contributed by atoms with Crippen molar-refractivity contribution in [2.24, 2.45) is 0 Å². The summed E-state index contributed by atoms with van der Waals surface area (Å²) in [6.45, 7) is 6.78. The summed E-state index contributed by atoms with van der Waals surface area (Å²) in [5.41, 5.74) is 1.62. The van der Waals surface area contributed by atoms with E-state index in [9.17, 15) is 19.7 Å². The van der Waals surface area contributed by atoms with E-state index in [1.165, 1.54) is 18.2 Å². The summed E-state index contributed by atoms with van der Waals surface area (Å²) in [5.74, 6) is -2.04. The highest BCUT2D eigenvalue weighted by atomic mass is 35.5. The Morgan fingerprint density at radius 2 is 1.83 bits per heavy atom. The molecule has 29 heavy (non-hydrogen) atoms. The lowest BCUT2D eigenvalue weighted by molar-refractivity contribution is -0.384. The van der Waals surface area contributed by atoms with Gasteiger partial charge in [0.1, 0.15) is 6.61 Å². The van der Waals surface area contributed by atoms with E-state index in [0.29, 0.717) is 17.0 Å². The van der Waals surface area contributed by atoms with Crippen molar-refractivity contribution in [2.45, 2.75) is 39.7 Å². The van der Waals surface area contributed by atoms with Crippen molar-refractivity contribution in [3.05, 3.63) is 62.5 Å². The van der Waals surface area contributed by atoms with Crippen molar-refractivity contribution < 1.29 is 24.0 Å². The molecule has 0 amide bonds. The highest BCUT2D eigenvalue weighted by Gasteiger charge is 2.38. The molecule has 0 saturated heterocycles. The van der Waals surface area contributed by atoms with E-state index in [2.05, 4.69) is 5.32 Å². The van der Waals surface area contributed by atoms with Gasteiger partial charge in [-0.05, 0) is 33.3 Å². The minimum Gasteiger partial charge on any atom is -0.461 e. The van der Waals surface area contributed by atoms with Gasteiger partial charge in [0.05, 0.1) is 34.0 Å². The maximum Gasteiger partial charge on any atom is 0.337 e. The Kier molecular flexibility index (Phi) is 7.39. The van der Waals surface area contributed by atoms with Crippen LogP contribution in [0.3, 0.4) is 0 Å². The number of benzene rings is 1. The van der Waals surface area contributed by atoms with Crippen molar-refractivity contribution in [1.29, 1.82) is 0 Å². The summed E-state index contributed by atoms with van der Waals surface area (Å²) >= 11 is 5.62. The lowest BCUT2D eigenvalue weighted by Crippen LogP contribution is -2.33. The molecule has 1 heterocycles. The van der Waals surface area contributed by atoms with Crippen LogP contribution in [-0.4, -0.2) is 35.5 Å². The normalized spacial score (nSPS) is 16.6. The summed E-state index contributed by atoms with van der Waals surface area (Å²) in [7, 11) is 0. The average molecular weight is 423 g/mol. The largest absolute Gasteiger partial charge is 0.461 e. The zero-order chi connectivity index (χ0) is 21.7. The maximum absolute atomic E-state index is 12.9. The van der Waals surface area contributed by atoms with Crippen LogP contribution in [0, 0.1) is 10.1 Å². The number of ether oxygens (including phenoxy) is 2. The molecule has 0 spiro atoms. The standard InChI is InChI=1S/C20H23ClN2O6/c1-11(2)29-20(25)17-13(4)22-12(3)16(19(24)28-9-8-21)18(17)14-6-5-7-15(10-14)23(26)27/h5-7,10-11,18,22H,8-9H2,1-4H3. The van der Waals surface area contributed by atoms with Crippen LogP contribution in [0.15, 0.2) is 46.8 Å². The number of hydrogen-bond donors (Lipinski definition) is 1. The van der Waals surface area contributed by atoms with Gasteiger partial charge in [-0.1, -0.05) is 12.1 Å². The van der Waals surface area contributed by atoms with Crippen molar-refractivity contribution in [2.75, 3.05) is 12.5 Å². The second kappa shape index (κ2) is 9.56. The quantitative estimate of drug-likeness (QED) is 0.309. The summed E-state index contributed by atoms with van der Waals surface area (Å²) in [6, 6.07) is 5.82. The number of dihydropyridines is 1.